The molecule has 0 atom stereocenters. The fourth-order valence-corrected chi connectivity index (χ4v) is 3.63. The number of hydroxylamine groups is 1. The number of anilines is 2. The van der Waals surface area contributed by atoms with Gasteiger partial charge in [0.15, 0.2) is 0 Å². The number of aryl methyl sites for hydroxylation is 2. The van der Waals surface area contributed by atoms with Crippen molar-refractivity contribution >= 4 is 34.8 Å². The maximum Gasteiger partial charge on any atom is 0.243 e. The maximum absolute atomic E-state index is 11.8. The Morgan fingerprint density at radius 3 is 2.50 bits per heavy atom. The van der Waals surface area contributed by atoms with Crippen molar-refractivity contribution in [3.63, 3.8) is 0 Å². The Morgan fingerprint density at radius 1 is 1.00 bits per heavy atom. The van der Waals surface area contributed by atoms with Gasteiger partial charge in [0.05, 0.1) is 0 Å². The molecular formula is C21H24ClN3O3. The van der Waals surface area contributed by atoms with E-state index in [0.717, 1.165) is 31.5 Å². The minimum absolute atomic E-state index is 0.0340. The fourth-order valence-electron chi connectivity index (χ4n) is 3.46. The summed E-state index contributed by atoms with van der Waals surface area (Å²) in [7, 11) is 0. The van der Waals surface area contributed by atoms with Gasteiger partial charge in [0.25, 0.3) is 0 Å². The van der Waals surface area contributed by atoms with Gasteiger partial charge in [0, 0.05) is 42.3 Å². The lowest BCUT2D eigenvalue weighted by molar-refractivity contribution is -0.131. The third-order valence-electron chi connectivity index (χ3n) is 4.87. The molecule has 7 heteroatoms. The number of hydrogen-bond acceptors (Lipinski definition) is 4. The molecule has 0 radical (unpaired) electrons. The summed E-state index contributed by atoms with van der Waals surface area (Å²) in [5.41, 5.74) is 6.38. The van der Waals surface area contributed by atoms with E-state index in [1.165, 1.54) is 22.3 Å². The van der Waals surface area contributed by atoms with Gasteiger partial charge in [-0.3, -0.25) is 14.8 Å². The maximum atomic E-state index is 11.8. The van der Waals surface area contributed by atoms with Crippen molar-refractivity contribution in [1.29, 1.82) is 0 Å². The predicted molar refractivity (Wildman–Crippen MR) is 109 cm³/mol. The topological polar surface area (TPSA) is 81.7 Å². The highest BCUT2D eigenvalue weighted by molar-refractivity contribution is 6.30. The Kier molecular flexibility index (Phi) is 6.90. The van der Waals surface area contributed by atoms with Gasteiger partial charge in [-0.1, -0.05) is 35.9 Å². The summed E-state index contributed by atoms with van der Waals surface area (Å²) in [6, 6.07) is 14.4. The number of halogens is 1. The van der Waals surface area contributed by atoms with E-state index in [1.807, 2.05) is 18.2 Å². The molecule has 0 saturated carbocycles. The van der Waals surface area contributed by atoms with Gasteiger partial charge < -0.3 is 10.2 Å². The van der Waals surface area contributed by atoms with E-state index >= 15 is 0 Å². The summed E-state index contributed by atoms with van der Waals surface area (Å²) in [6.45, 7) is 1.25. The highest BCUT2D eigenvalue weighted by Crippen LogP contribution is 2.37. The van der Waals surface area contributed by atoms with Gasteiger partial charge in [-0.25, -0.2) is 5.48 Å². The molecule has 2 aromatic carbocycles. The summed E-state index contributed by atoms with van der Waals surface area (Å²) in [4.78, 5) is 25.1. The molecule has 1 aliphatic heterocycles. The Labute approximate surface area is 169 Å². The number of fused-ring (bicyclic) bond motifs is 2. The van der Waals surface area contributed by atoms with Crippen molar-refractivity contribution in [2.24, 2.45) is 0 Å². The number of benzene rings is 2. The lowest BCUT2D eigenvalue weighted by Gasteiger charge is -2.27. The second-order valence-corrected chi connectivity index (χ2v) is 7.23. The van der Waals surface area contributed by atoms with Crippen LogP contribution in [0.2, 0.25) is 5.02 Å². The van der Waals surface area contributed by atoms with Crippen LogP contribution < -0.4 is 15.7 Å². The molecule has 0 saturated heterocycles. The zero-order valence-electron chi connectivity index (χ0n) is 15.6. The summed E-state index contributed by atoms with van der Waals surface area (Å²) >= 11 is 6.26. The smallest absolute Gasteiger partial charge is 0.243 e. The fraction of sp³-hybridized carbons (Fsp3) is 0.333. The van der Waals surface area contributed by atoms with Crippen LogP contribution in [0.4, 0.5) is 11.4 Å². The first kappa shape index (κ1) is 20.2. The molecular weight excluding hydrogens is 378 g/mol. The van der Waals surface area contributed by atoms with Crippen molar-refractivity contribution in [2.45, 2.75) is 32.1 Å². The van der Waals surface area contributed by atoms with Crippen LogP contribution >= 0.6 is 11.6 Å². The minimum Gasteiger partial charge on any atom is -0.356 e. The molecule has 28 heavy (non-hydrogen) atoms. The molecule has 3 rings (SSSR count). The van der Waals surface area contributed by atoms with Crippen LogP contribution in [0, 0.1) is 0 Å². The Balaban J connectivity index is 1.65. The first-order chi connectivity index (χ1) is 13.6. The monoisotopic (exact) mass is 401 g/mol. The number of nitrogens with zero attached hydrogens (tertiary/aromatic N) is 1. The zero-order chi connectivity index (χ0) is 19.9. The second-order valence-electron chi connectivity index (χ2n) is 6.79. The van der Waals surface area contributed by atoms with Crippen LogP contribution in [0.5, 0.6) is 0 Å². The third-order valence-corrected chi connectivity index (χ3v) is 5.10. The molecule has 148 valence electrons. The standard InChI is InChI=1S/C21H24ClN3O3/c22-17-9-8-16-7-6-15-4-1-2-5-18(15)25(19(16)14-17)13-3-12-23-20(26)10-11-21(27)24-28/h1-2,4-5,8-9,14,28H,3,6-7,10-13H2,(H,23,26)(H,24,27). The van der Waals surface area contributed by atoms with Gasteiger partial charge in [0.1, 0.15) is 0 Å². The van der Waals surface area contributed by atoms with Gasteiger partial charge in [0.2, 0.25) is 11.8 Å². The number of carbonyl (C=O) groups excluding carboxylic acids is 2. The second kappa shape index (κ2) is 9.57. The van der Waals surface area contributed by atoms with Crippen molar-refractivity contribution in [1.82, 2.24) is 10.8 Å². The van der Waals surface area contributed by atoms with Crippen LogP contribution in [-0.4, -0.2) is 30.1 Å². The van der Waals surface area contributed by atoms with E-state index in [2.05, 4.69) is 34.5 Å². The van der Waals surface area contributed by atoms with Crippen molar-refractivity contribution in [3.8, 4) is 0 Å². The SMILES string of the molecule is O=C(CCC(=O)NCCCN1c2ccccc2CCc2ccc(Cl)cc21)NO. The lowest BCUT2D eigenvalue weighted by Crippen LogP contribution is -2.29. The van der Waals surface area contributed by atoms with Crippen LogP contribution in [0.1, 0.15) is 30.4 Å². The normalized spacial score (nSPS) is 12.6. The van der Waals surface area contributed by atoms with E-state index in [9.17, 15) is 9.59 Å². The molecule has 0 fully saturated rings. The van der Waals surface area contributed by atoms with Crippen molar-refractivity contribution < 1.29 is 14.8 Å². The largest absolute Gasteiger partial charge is 0.356 e. The molecule has 2 amide bonds. The molecule has 0 unspecified atom stereocenters. The number of hydrogen-bond donors (Lipinski definition) is 3. The molecule has 0 spiro atoms. The van der Waals surface area contributed by atoms with E-state index in [0.29, 0.717) is 11.6 Å². The molecule has 0 aromatic heterocycles. The van der Waals surface area contributed by atoms with Crippen LogP contribution in [-0.2, 0) is 22.4 Å². The van der Waals surface area contributed by atoms with Gasteiger partial charge >= 0.3 is 0 Å². The molecule has 0 bridgehead atoms. The number of nitrogens with one attached hydrogen (secondary N) is 2. The Bertz CT molecular complexity index is 857. The number of amides is 2. The van der Waals surface area contributed by atoms with Crippen molar-refractivity contribution in [3.05, 3.63) is 58.6 Å². The van der Waals surface area contributed by atoms with Gasteiger partial charge in [-0.15, -0.1) is 0 Å². The number of carbonyl (C=O) groups is 2. The Hall–Kier alpha value is -2.57. The van der Waals surface area contributed by atoms with Gasteiger partial charge in [-0.05, 0) is 48.6 Å². The number of para-hydroxylation sites is 1. The molecule has 2 aromatic rings. The average Bonchev–Trinajstić information content (AvgIpc) is 2.86. The molecule has 0 aliphatic carbocycles. The lowest BCUT2D eigenvalue weighted by atomic mass is 10.0. The summed E-state index contributed by atoms with van der Waals surface area (Å²) in [6.07, 6.45) is 2.71. The first-order valence-corrected chi connectivity index (χ1v) is 9.80. The first-order valence-electron chi connectivity index (χ1n) is 9.42. The quantitative estimate of drug-likeness (QED) is 0.377. The van der Waals surface area contributed by atoms with E-state index in [1.54, 1.807) is 0 Å². The van der Waals surface area contributed by atoms with Crippen LogP contribution in [0.3, 0.4) is 0 Å². The zero-order valence-corrected chi connectivity index (χ0v) is 16.3. The van der Waals surface area contributed by atoms with Crippen LogP contribution in [0.25, 0.3) is 0 Å². The molecule has 3 N–H and O–H groups in total. The van der Waals surface area contributed by atoms with Crippen molar-refractivity contribution in [2.75, 3.05) is 18.0 Å². The minimum atomic E-state index is -0.565. The Morgan fingerprint density at radius 2 is 1.71 bits per heavy atom. The summed E-state index contributed by atoms with van der Waals surface area (Å²) < 4.78 is 0. The highest BCUT2D eigenvalue weighted by atomic mass is 35.5. The van der Waals surface area contributed by atoms with Crippen LogP contribution in [0.15, 0.2) is 42.5 Å². The third kappa shape index (κ3) is 5.03. The predicted octanol–water partition coefficient (Wildman–Crippen LogP) is 3.37. The van der Waals surface area contributed by atoms with E-state index < -0.39 is 5.91 Å². The molecule has 1 heterocycles. The molecule has 1 aliphatic rings. The summed E-state index contributed by atoms with van der Waals surface area (Å²) in [5, 5.41) is 12.0. The number of rotatable bonds is 7. The highest BCUT2D eigenvalue weighted by Gasteiger charge is 2.20. The molecule has 6 nitrogen and oxygen atoms in total. The summed E-state index contributed by atoms with van der Waals surface area (Å²) in [5.74, 6) is -0.770. The van der Waals surface area contributed by atoms with E-state index in [-0.39, 0.29) is 18.7 Å². The van der Waals surface area contributed by atoms with Gasteiger partial charge in [-0.2, -0.15) is 0 Å². The van der Waals surface area contributed by atoms with E-state index in [4.69, 9.17) is 16.8 Å². The average molecular weight is 402 g/mol.